The molecule has 0 unspecified atom stereocenters. The molecular weight excluding hydrogens is 208 g/mol. The first-order valence-corrected chi connectivity index (χ1v) is 6.19. The predicted molar refractivity (Wildman–Crippen MR) is 63.5 cm³/mol. The average molecular weight is 225 g/mol. The largest absolute Gasteiger partial charge is 0.493 e. The third kappa shape index (κ3) is 3.13. The summed E-state index contributed by atoms with van der Waals surface area (Å²) in [4.78, 5) is 0. The van der Waals surface area contributed by atoms with Crippen molar-refractivity contribution < 1.29 is 4.74 Å². The van der Waals surface area contributed by atoms with Crippen molar-refractivity contribution in [1.29, 1.82) is 0 Å². The molecule has 0 saturated heterocycles. The highest BCUT2D eigenvalue weighted by Gasteiger charge is 2.15. The Labute approximate surface area is 96.4 Å². The molecule has 0 bridgehead atoms. The highest BCUT2D eigenvalue weighted by molar-refractivity contribution is 6.17. The second-order valence-electron chi connectivity index (χ2n) is 4.24. The SMILES string of the molecule is ClCc1ccc(OCC2CCCC2)cc1. The Hall–Kier alpha value is -0.690. The average Bonchev–Trinajstić information content (AvgIpc) is 2.80. The monoisotopic (exact) mass is 224 g/mol. The number of alkyl halides is 1. The molecule has 1 aromatic carbocycles. The summed E-state index contributed by atoms with van der Waals surface area (Å²) in [6.45, 7) is 0.875. The Kier molecular flexibility index (Phi) is 3.90. The number of hydrogen-bond donors (Lipinski definition) is 0. The van der Waals surface area contributed by atoms with Gasteiger partial charge in [0.2, 0.25) is 0 Å². The van der Waals surface area contributed by atoms with Crippen molar-refractivity contribution in [2.45, 2.75) is 31.6 Å². The van der Waals surface area contributed by atoms with Gasteiger partial charge in [0.05, 0.1) is 6.61 Å². The van der Waals surface area contributed by atoms with Gasteiger partial charge in [-0.25, -0.2) is 0 Å². The molecule has 0 aromatic heterocycles. The van der Waals surface area contributed by atoms with E-state index >= 15 is 0 Å². The van der Waals surface area contributed by atoms with E-state index < -0.39 is 0 Å². The molecule has 1 fully saturated rings. The van der Waals surface area contributed by atoms with E-state index in [1.165, 1.54) is 25.7 Å². The zero-order valence-electron chi connectivity index (χ0n) is 8.92. The molecule has 0 aliphatic heterocycles. The molecule has 2 heteroatoms. The molecule has 82 valence electrons. The van der Waals surface area contributed by atoms with Crippen LogP contribution in [0.2, 0.25) is 0 Å². The van der Waals surface area contributed by atoms with Gasteiger partial charge >= 0.3 is 0 Å². The van der Waals surface area contributed by atoms with Crippen LogP contribution in [0.4, 0.5) is 0 Å². The predicted octanol–water partition coefficient (Wildman–Crippen LogP) is 3.99. The van der Waals surface area contributed by atoms with Gasteiger partial charge in [0.25, 0.3) is 0 Å². The lowest BCUT2D eigenvalue weighted by Crippen LogP contribution is -2.07. The summed E-state index contributed by atoms with van der Waals surface area (Å²) < 4.78 is 5.75. The van der Waals surface area contributed by atoms with E-state index in [2.05, 4.69) is 0 Å². The Morgan fingerprint density at radius 1 is 1.13 bits per heavy atom. The third-order valence-corrected chi connectivity index (χ3v) is 3.35. The second kappa shape index (κ2) is 5.41. The van der Waals surface area contributed by atoms with E-state index in [1.807, 2.05) is 24.3 Å². The number of hydrogen-bond acceptors (Lipinski definition) is 1. The maximum Gasteiger partial charge on any atom is 0.119 e. The fraction of sp³-hybridized carbons (Fsp3) is 0.538. The molecule has 0 heterocycles. The Morgan fingerprint density at radius 3 is 2.40 bits per heavy atom. The van der Waals surface area contributed by atoms with Crippen LogP contribution in [0.1, 0.15) is 31.2 Å². The van der Waals surface area contributed by atoms with Crippen LogP contribution in [0.5, 0.6) is 5.75 Å². The van der Waals surface area contributed by atoms with Crippen molar-refractivity contribution in [1.82, 2.24) is 0 Å². The molecular formula is C13H17ClO. The summed E-state index contributed by atoms with van der Waals surface area (Å²) in [6, 6.07) is 8.06. The van der Waals surface area contributed by atoms with Crippen molar-refractivity contribution >= 4 is 11.6 Å². The Balaban J connectivity index is 1.82. The number of benzene rings is 1. The number of rotatable bonds is 4. The minimum atomic E-state index is 0.572. The lowest BCUT2D eigenvalue weighted by molar-refractivity contribution is 0.252. The molecule has 0 radical (unpaired) electrons. The van der Waals surface area contributed by atoms with Gasteiger partial charge in [-0.2, -0.15) is 0 Å². The van der Waals surface area contributed by atoms with Gasteiger partial charge in [0, 0.05) is 5.88 Å². The molecule has 1 nitrogen and oxygen atoms in total. The fourth-order valence-corrected chi connectivity index (χ4v) is 2.24. The van der Waals surface area contributed by atoms with E-state index in [4.69, 9.17) is 16.3 Å². The Bertz CT molecular complexity index is 288. The van der Waals surface area contributed by atoms with E-state index in [1.54, 1.807) is 0 Å². The summed E-state index contributed by atoms with van der Waals surface area (Å²) in [5, 5.41) is 0. The van der Waals surface area contributed by atoms with Gasteiger partial charge in [0.1, 0.15) is 5.75 Å². The highest BCUT2D eigenvalue weighted by atomic mass is 35.5. The third-order valence-electron chi connectivity index (χ3n) is 3.04. The minimum Gasteiger partial charge on any atom is -0.493 e. The quantitative estimate of drug-likeness (QED) is 0.703. The van der Waals surface area contributed by atoms with E-state index in [9.17, 15) is 0 Å². The number of ether oxygens (including phenoxy) is 1. The molecule has 1 aliphatic carbocycles. The first-order chi connectivity index (χ1) is 7.38. The van der Waals surface area contributed by atoms with Crippen molar-refractivity contribution in [3.63, 3.8) is 0 Å². The van der Waals surface area contributed by atoms with Crippen LogP contribution in [-0.4, -0.2) is 6.61 Å². The maximum atomic E-state index is 5.75. The van der Waals surface area contributed by atoms with Crippen LogP contribution in [-0.2, 0) is 5.88 Å². The molecule has 1 aliphatic rings. The standard InChI is InChI=1S/C13H17ClO/c14-9-11-5-7-13(8-6-11)15-10-12-3-1-2-4-12/h5-8,12H,1-4,9-10H2. The van der Waals surface area contributed by atoms with Crippen molar-refractivity contribution in [3.05, 3.63) is 29.8 Å². The molecule has 0 atom stereocenters. The maximum absolute atomic E-state index is 5.75. The molecule has 15 heavy (non-hydrogen) atoms. The van der Waals surface area contributed by atoms with Gasteiger partial charge in [0.15, 0.2) is 0 Å². The van der Waals surface area contributed by atoms with Crippen LogP contribution in [0.25, 0.3) is 0 Å². The second-order valence-corrected chi connectivity index (χ2v) is 4.51. The molecule has 0 N–H and O–H groups in total. The van der Waals surface area contributed by atoms with Crippen LogP contribution < -0.4 is 4.74 Å². The van der Waals surface area contributed by atoms with Crippen molar-refractivity contribution in [2.24, 2.45) is 5.92 Å². The summed E-state index contributed by atoms with van der Waals surface area (Å²) >= 11 is 5.72. The van der Waals surface area contributed by atoms with Crippen LogP contribution >= 0.6 is 11.6 Å². The van der Waals surface area contributed by atoms with Gasteiger partial charge in [-0.3, -0.25) is 0 Å². The van der Waals surface area contributed by atoms with Gasteiger partial charge in [-0.05, 0) is 36.5 Å². The lowest BCUT2D eigenvalue weighted by atomic mass is 10.1. The van der Waals surface area contributed by atoms with Crippen LogP contribution in [0.3, 0.4) is 0 Å². The van der Waals surface area contributed by atoms with Gasteiger partial charge in [-0.1, -0.05) is 25.0 Å². The Morgan fingerprint density at radius 2 is 1.80 bits per heavy atom. The van der Waals surface area contributed by atoms with Gasteiger partial charge in [-0.15, -0.1) is 11.6 Å². The topological polar surface area (TPSA) is 9.23 Å². The van der Waals surface area contributed by atoms with Crippen LogP contribution in [0.15, 0.2) is 24.3 Å². The molecule has 1 saturated carbocycles. The minimum absolute atomic E-state index is 0.572. The summed E-state index contributed by atoms with van der Waals surface area (Å²) in [6.07, 6.45) is 5.41. The fourth-order valence-electron chi connectivity index (χ4n) is 2.07. The first-order valence-electron chi connectivity index (χ1n) is 5.66. The van der Waals surface area contributed by atoms with Gasteiger partial charge < -0.3 is 4.74 Å². The molecule has 1 aromatic rings. The molecule has 0 spiro atoms. The smallest absolute Gasteiger partial charge is 0.119 e. The van der Waals surface area contributed by atoms with Crippen molar-refractivity contribution in [2.75, 3.05) is 6.61 Å². The number of halogens is 1. The van der Waals surface area contributed by atoms with E-state index in [0.717, 1.165) is 23.8 Å². The lowest BCUT2D eigenvalue weighted by Gasteiger charge is -2.11. The highest BCUT2D eigenvalue weighted by Crippen LogP contribution is 2.25. The first kappa shape index (κ1) is 10.8. The van der Waals surface area contributed by atoms with E-state index in [0.29, 0.717) is 5.88 Å². The summed E-state index contributed by atoms with van der Waals surface area (Å²) in [5.41, 5.74) is 1.14. The zero-order valence-corrected chi connectivity index (χ0v) is 9.67. The summed E-state index contributed by atoms with van der Waals surface area (Å²) in [5.74, 6) is 2.32. The molecule has 2 rings (SSSR count). The van der Waals surface area contributed by atoms with Crippen LogP contribution in [0, 0.1) is 5.92 Å². The van der Waals surface area contributed by atoms with E-state index in [-0.39, 0.29) is 0 Å². The van der Waals surface area contributed by atoms with Crippen molar-refractivity contribution in [3.8, 4) is 5.75 Å². The molecule has 0 amide bonds. The summed E-state index contributed by atoms with van der Waals surface area (Å²) in [7, 11) is 0. The normalized spacial score (nSPS) is 16.9. The zero-order chi connectivity index (χ0) is 10.5.